The van der Waals surface area contributed by atoms with Crippen LogP contribution in [0.2, 0.25) is 0 Å². The van der Waals surface area contributed by atoms with Gasteiger partial charge in [0, 0.05) is 24.7 Å². The molecule has 2 aromatic rings. The fourth-order valence-electron chi connectivity index (χ4n) is 3.74. The predicted molar refractivity (Wildman–Crippen MR) is 119 cm³/mol. The predicted octanol–water partition coefficient (Wildman–Crippen LogP) is 4.31. The van der Waals surface area contributed by atoms with E-state index in [9.17, 15) is 9.59 Å². The molecule has 0 aromatic heterocycles. The Morgan fingerprint density at radius 1 is 1.03 bits per heavy atom. The number of piperidine rings is 1. The van der Waals surface area contributed by atoms with E-state index in [1.165, 1.54) is 5.56 Å². The number of hydrogen-bond donors (Lipinski definition) is 1. The number of likely N-dealkylation sites (tertiary alicyclic amines) is 1. The molecule has 1 N–H and O–H groups in total. The number of aryl methyl sites for hydroxylation is 1. The molecule has 1 saturated heterocycles. The minimum absolute atomic E-state index is 0.00797. The Labute approximate surface area is 179 Å². The van der Waals surface area contributed by atoms with Crippen LogP contribution in [-0.2, 0) is 4.79 Å². The molecule has 2 aromatic carbocycles. The number of amides is 2. The molecule has 0 radical (unpaired) electrons. The summed E-state index contributed by atoms with van der Waals surface area (Å²) in [5.74, 6) is 1.11. The smallest absolute Gasteiger partial charge is 0.263 e. The third-order valence-electron chi connectivity index (χ3n) is 5.63. The van der Waals surface area contributed by atoms with Crippen molar-refractivity contribution in [3.05, 3.63) is 65.2 Å². The van der Waals surface area contributed by atoms with Crippen molar-refractivity contribution in [1.82, 2.24) is 10.2 Å². The second-order valence-corrected chi connectivity index (χ2v) is 8.43. The monoisotopic (exact) mass is 408 g/mol. The quantitative estimate of drug-likeness (QED) is 0.775. The van der Waals surface area contributed by atoms with Crippen molar-refractivity contribution in [3.63, 3.8) is 0 Å². The minimum Gasteiger partial charge on any atom is -0.481 e. The Morgan fingerprint density at radius 2 is 1.70 bits per heavy atom. The molecule has 1 heterocycles. The van der Waals surface area contributed by atoms with Gasteiger partial charge in [-0.1, -0.05) is 43.7 Å². The maximum absolute atomic E-state index is 12.8. The molecule has 5 nitrogen and oxygen atoms in total. The molecule has 1 fully saturated rings. The van der Waals surface area contributed by atoms with Gasteiger partial charge in [0.25, 0.3) is 11.8 Å². The van der Waals surface area contributed by atoms with E-state index in [4.69, 9.17) is 4.74 Å². The summed E-state index contributed by atoms with van der Waals surface area (Å²) in [4.78, 5) is 27.1. The minimum atomic E-state index is -0.534. The normalized spacial score (nSPS) is 15.7. The van der Waals surface area contributed by atoms with E-state index in [1.807, 2.05) is 60.4 Å². The highest BCUT2D eigenvalue weighted by molar-refractivity contribution is 5.94. The summed E-state index contributed by atoms with van der Waals surface area (Å²) >= 11 is 0. The summed E-state index contributed by atoms with van der Waals surface area (Å²) in [5.41, 5.74) is 2.99. The Hall–Kier alpha value is -2.82. The lowest BCUT2D eigenvalue weighted by Crippen LogP contribution is -2.49. The highest BCUT2D eigenvalue weighted by atomic mass is 16.5. The van der Waals surface area contributed by atoms with Crippen LogP contribution in [0.3, 0.4) is 0 Å². The maximum atomic E-state index is 12.8. The van der Waals surface area contributed by atoms with Crippen LogP contribution in [0, 0.1) is 6.92 Å². The SMILES string of the molecule is Cc1cccc(C(=O)NC2CCN(C(=O)C(C)Oc3ccc(C(C)C)cc3)CC2)c1. The molecule has 1 aliphatic heterocycles. The van der Waals surface area contributed by atoms with Crippen molar-refractivity contribution in [2.75, 3.05) is 13.1 Å². The number of carbonyl (C=O) groups excluding carboxylic acids is 2. The first-order valence-corrected chi connectivity index (χ1v) is 10.8. The van der Waals surface area contributed by atoms with Crippen molar-refractivity contribution in [1.29, 1.82) is 0 Å². The van der Waals surface area contributed by atoms with Gasteiger partial charge in [-0.3, -0.25) is 9.59 Å². The van der Waals surface area contributed by atoms with Gasteiger partial charge in [0.1, 0.15) is 5.75 Å². The van der Waals surface area contributed by atoms with Crippen molar-refractivity contribution in [3.8, 4) is 5.75 Å². The molecule has 0 aliphatic carbocycles. The van der Waals surface area contributed by atoms with Gasteiger partial charge >= 0.3 is 0 Å². The zero-order valence-electron chi connectivity index (χ0n) is 18.4. The fraction of sp³-hybridized carbons (Fsp3) is 0.440. The van der Waals surface area contributed by atoms with Gasteiger partial charge in [-0.15, -0.1) is 0 Å². The van der Waals surface area contributed by atoms with Gasteiger partial charge in [-0.05, 0) is 62.4 Å². The number of ether oxygens (including phenoxy) is 1. The molecule has 1 aliphatic rings. The Balaban J connectivity index is 1.47. The molecule has 5 heteroatoms. The van der Waals surface area contributed by atoms with Gasteiger partial charge in [0.15, 0.2) is 6.10 Å². The third-order valence-corrected chi connectivity index (χ3v) is 5.63. The van der Waals surface area contributed by atoms with E-state index in [1.54, 1.807) is 6.92 Å². The standard InChI is InChI=1S/C25H32N2O3/c1-17(2)20-8-10-23(11-9-20)30-19(4)25(29)27-14-12-22(13-15-27)26-24(28)21-7-5-6-18(3)16-21/h5-11,16-17,19,22H,12-15H2,1-4H3,(H,26,28). The number of hydrogen-bond acceptors (Lipinski definition) is 3. The van der Waals surface area contributed by atoms with Crippen molar-refractivity contribution in [2.45, 2.75) is 58.6 Å². The van der Waals surface area contributed by atoms with Crippen molar-refractivity contribution < 1.29 is 14.3 Å². The van der Waals surface area contributed by atoms with E-state index in [0.29, 0.717) is 30.3 Å². The molecule has 0 bridgehead atoms. The summed E-state index contributed by atoms with van der Waals surface area (Å²) in [6.45, 7) is 9.31. The van der Waals surface area contributed by atoms with Crippen LogP contribution in [0.4, 0.5) is 0 Å². The number of benzene rings is 2. The number of nitrogens with one attached hydrogen (secondary N) is 1. The highest BCUT2D eigenvalue weighted by Gasteiger charge is 2.28. The van der Waals surface area contributed by atoms with Gasteiger partial charge in [-0.2, -0.15) is 0 Å². The van der Waals surface area contributed by atoms with Crippen LogP contribution >= 0.6 is 0 Å². The first kappa shape index (κ1) is 21.9. The zero-order valence-corrected chi connectivity index (χ0v) is 18.4. The first-order valence-electron chi connectivity index (χ1n) is 10.8. The summed E-state index contributed by atoms with van der Waals surface area (Å²) < 4.78 is 5.86. The van der Waals surface area contributed by atoms with Gasteiger partial charge in [0.2, 0.25) is 0 Å². The van der Waals surface area contributed by atoms with Crippen molar-refractivity contribution >= 4 is 11.8 Å². The first-order chi connectivity index (χ1) is 14.3. The number of rotatable bonds is 6. The third kappa shape index (κ3) is 5.62. The molecule has 0 spiro atoms. The average Bonchev–Trinajstić information content (AvgIpc) is 2.74. The summed E-state index contributed by atoms with van der Waals surface area (Å²) in [6, 6.07) is 15.6. The van der Waals surface area contributed by atoms with Crippen LogP contribution in [0.15, 0.2) is 48.5 Å². The fourth-order valence-corrected chi connectivity index (χ4v) is 3.74. The van der Waals surface area contributed by atoms with Crippen LogP contribution in [0.1, 0.15) is 61.0 Å². The molecule has 30 heavy (non-hydrogen) atoms. The van der Waals surface area contributed by atoms with E-state index in [-0.39, 0.29) is 17.9 Å². The lowest BCUT2D eigenvalue weighted by atomic mass is 10.0. The highest BCUT2D eigenvalue weighted by Crippen LogP contribution is 2.20. The van der Waals surface area contributed by atoms with Crippen LogP contribution < -0.4 is 10.1 Å². The van der Waals surface area contributed by atoms with Crippen LogP contribution in [0.25, 0.3) is 0 Å². The molecule has 160 valence electrons. The second-order valence-electron chi connectivity index (χ2n) is 8.43. The Bertz CT molecular complexity index is 868. The number of carbonyl (C=O) groups is 2. The van der Waals surface area contributed by atoms with Gasteiger partial charge < -0.3 is 15.0 Å². The van der Waals surface area contributed by atoms with Crippen LogP contribution in [0.5, 0.6) is 5.75 Å². The summed E-state index contributed by atoms with van der Waals surface area (Å²) in [7, 11) is 0. The second kappa shape index (κ2) is 9.79. The Morgan fingerprint density at radius 3 is 2.30 bits per heavy atom. The lowest BCUT2D eigenvalue weighted by molar-refractivity contribution is -0.139. The molecule has 2 amide bonds. The molecule has 3 rings (SSSR count). The Kier molecular flexibility index (Phi) is 7.14. The number of nitrogens with zero attached hydrogens (tertiary/aromatic N) is 1. The molecule has 0 saturated carbocycles. The largest absolute Gasteiger partial charge is 0.481 e. The maximum Gasteiger partial charge on any atom is 0.263 e. The molecular formula is C25H32N2O3. The molecule has 1 unspecified atom stereocenters. The summed E-state index contributed by atoms with van der Waals surface area (Å²) in [5, 5.41) is 3.10. The molecule has 1 atom stereocenters. The van der Waals surface area contributed by atoms with Crippen molar-refractivity contribution in [2.24, 2.45) is 0 Å². The zero-order chi connectivity index (χ0) is 21.7. The van der Waals surface area contributed by atoms with Gasteiger partial charge in [-0.25, -0.2) is 0 Å². The lowest BCUT2D eigenvalue weighted by Gasteiger charge is -2.33. The van der Waals surface area contributed by atoms with Gasteiger partial charge in [0.05, 0.1) is 0 Å². The molecular weight excluding hydrogens is 376 g/mol. The van der Waals surface area contributed by atoms with E-state index in [2.05, 4.69) is 19.2 Å². The topological polar surface area (TPSA) is 58.6 Å². The van der Waals surface area contributed by atoms with E-state index >= 15 is 0 Å². The van der Waals surface area contributed by atoms with E-state index < -0.39 is 6.10 Å². The van der Waals surface area contributed by atoms with Crippen LogP contribution in [-0.4, -0.2) is 41.9 Å². The van der Waals surface area contributed by atoms with E-state index in [0.717, 1.165) is 18.4 Å². The average molecular weight is 409 g/mol. The summed E-state index contributed by atoms with van der Waals surface area (Å²) in [6.07, 6.45) is 0.964.